The van der Waals surface area contributed by atoms with E-state index >= 15 is 0 Å². The lowest BCUT2D eigenvalue weighted by Gasteiger charge is -2.50. The van der Waals surface area contributed by atoms with Crippen LogP contribution in [0.1, 0.15) is 24.3 Å². The van der Waals surface area contributed by atoms with Crippen molar-refractivity contribution in [1.29, 1.82) is 0 Å². The van der Waals surface area contributed by atoms with Crippen molar-refractivity contribution in [3.63, 3.8) is 0 Å². The third kappa shape index (κ3) is 3.69. The lowest BCUT2D eigenvalue weighted by atomic mass is 9.56. The molecule has 6 atom stereocenters. The molecule has 6 rings (SSSR count). The SMILES string of the molecule is NC(=O)N1C(=O)C2CC=C3C(CC4(Cl)C(=O)N(c5ccc(F)cc5)C(=O)C4(Cl)C3c3ccccc3OCCO)C2C1=O. The first-order valence-electron chi connectivity index (χ1n) is 13.2. The number of imide groups is 4. The number of likely N-dealkylation sites (tertiary alicyclic amines) is 1. The number of primary amides is 1. The number of alkyl halides is 2. The molecule has 2 aliphatic carbocycles. The standard InChI is InChI=1S/C29H24Cl2FN3O7/c30-28-13-19-16(9-10-18-21(19)24(38)35(23(18)37)27(33)41)22(17-3-1-2-4-20(17)42-12-11-36)29(28,31)26(40)34(25(28)39)15-7-5-14(32)6-8-15/h1-9,18-19,21-22,36H,10-13H2,(H2,33,41). The molecule has 0 bridgehead atoms. The van der Waals surface area contributed by atoms with Crippen LogP contribution in [0.2, 0.25) is 0 Å². The third-order valence-corrected chi connectivity index (χ3v) is 10.1. The highest BCUT2D eigenvalue weighted by atomic mass is 35.5. The van der Waals surface area contributed by atoms with Gasteiger partial charge in [-0.15, -0.1) is 23.2 Å². The number of fused-ring (bicyclic) bond motifs is 4. The summed E-state index contributed by atoms with van der Waals surface area (Å²) in [5.74, 6) is -7.65. The molecule has 6 unspecified atom stereocenters. The van der Waals surface area contributed by atoms with Crippen molar-refractivity contribution < 1.29 is 38.2 Å². The molecule has 42 heavy (non-hydrogen) atoms. The zero-order valence-electron chi connectivity index (χ0n) is 21.8. The molecule has 3 fully saturated rings. The first kappa shape index (κ1) is 28.3. The molecule has 13 heteroatoms. The van der Waals surface area contributed by atoms with Crippen LogP contribution < -0.4 is 15.4 Å². The van der Waals surface area contributed by atoms with Crippen LogP contribution in [-0.2, 0) is 19.2 Å². The van der Waals surface area contributed by atoms with Gasteiger partial charge in [-0.1, -0.05) is 29.8 Å². The summed E-state index contributed by atoms with van der Waals surface area (Å²) in [6, 6.07) is 10.1. The molecule has 0 radical (unpaired) electrons. The Bertz CT molecular complexity index is 1580. The average Bonchev–Trinajstić information content (AvgIpc) is 3.31. The summed E-state index contributed by atoms with van der Waals surface area (Å²) in [7, 11) is 0. The molecule has 10 nitrogen and oxygen atoms in total. The zero-order chi connectivity index (χ0) is 30.1. The molecular formula is C29H24Cl2FN3O7. The Balaban J connectivity index is 1.57. The summed E-state index contributed by atoms with van der Waals surface area (Å²) in [4.78, 5) is 64.0. The van der Waals surface area contributed by atoms with Gasteiger partial charge in [0.05, 0.1) is 24.1 Å². The van der Waals surface area contributed by atoms with E-state index in [2.05, 4.69) is 0 Å². The second kappa shape index (κ2) is 9.89. The summed E-state index contributed by atoms with van der Waals surface area (Å²) in [6.07, 6.45) is 1.44. The number of anilines is 1. The van der Waals surface area contributed by atoms with E-state index in [4.69, 9.17) is 33.7 Å². The second-order valence-electron chi connectivity index (χ2n) is 10.7. The Morgan fingerprint density at radius 1 is 1.02 bits per heavy atom. The summed E-state index contributed by atoms with van der Waals surface area (Å²) in [6.45, 7) is -0.401. The van der Waals surface area contributed by atoms with Crippen LogP contribution in [0.4, 0.5) is 14.9 Å². The number of aliphatic hydroxyl groups excluding tert-OH is 1. The number of hydrogen-bond donors (Lipinski definition) is 2. The Kier molecular flexibility index (Phi) is 6.67. The minimum absolute atomic E-state index is 0.0475. The fourth-order valence-electron chi connectivity index (χ4n) is 6.97. The van der Waals surface area contributed by atoms with Crippen LogP contribution >= 0.6 is 23.2 Å². The number of carbonyl (C=O) groups excluding carboxylic acids is 5. The normalized spacial score (nSPS) is 32.0. The van der Waals surface area contributed by atoms with Crippen molar-refractivity contribution in [1.82, 2.24) is 4.90 Å². The predicted octanol–water partition coefficient (Wildman–Crippen LogP) is 2.84. The van der Waals surface area contributed by atoms with Gasteiger partial charge in [0.1, 0.15) is 18.2 Å². The minimum atomic E-state index is -2.15. The van der Waals surface area contributed by atoms with Crippen molar-refractivity contribution in [2.24, 2.45) is 23.5 Å². The lowest BCUT2D eigenvalue weighted by Crippen LogP contribution is -2.60. The van der Waals surface area contributed by atoms with Gasteiger partial charge < -0.3 is 15.6 Å². The van der Waals surface area contributed by atoms with Gasteiger partial charge in [0.25, 0.3) is 11.8 Å². The van der Waals surface area contributed by atoms with Crippen molar-refractivity contribution in [2.75, 3.05) is 18.1 Å². The smallest absolute Gasteiger partial charge is 0.328 e. The van der Waals surface area contributed by atoms with Crippen molar-refractivity contribution >= 4 is 58.5 Å². The van der Waals surface area contributed by atoms with Crippen LogP contribution in [0, 0.1) is 23.6 Å². The second-order valence-corrected chi connectivity index (χ2v) is 12.0. The zero-order valence-corrected chi connectivity index (χ0v) is 23.3. The van der Waals surface area contributed by atoms with Crippen LogP contribution in [0.25, 0.3) is 0 Å². The van der Waals surface area contributed by atoms with Gasteiger partial charge in [0, 0.05) is 11.5 Å². The van der Waals surface area contributed by atoms with Crippen molar-refractivity contribution in [3.05, 3.63) is 71.6 Å². The highest BCUT2D eigenvalue weighted by Crippen LogP contribution is 2.66. The topological polar surface area (TPSA) is 147 Å². The number of amides is 6. The first-order chi connectivity index (χ1) is 20.0. The fraction of sp³-hybridized carbons (Fsp3) is 0.345. The van der Waals surface area contributed by atoms with Gasteiger partial charge in [-0.2, -0.15) is 4.90 Å². The van der Waals surface area contributed by atoms with Crippen LogP contribution in [0.3, 0.4) is 0 Å². The highest BCUT2D eigenvalue weighted by Gasteiger charge is 2.77. The van der Waals surface area contributed by atoms with Crippen LogP contribution in [0.15, 0.2) is 60.2 Å². The molecule has 2 aromatic rings. The maximum Gasteiger partial charge on any atom is 0.328 e. The number of allylic oxidation sites excluding steroid dienone is 2. The van der Waals surface area contributed by atoms with Gasteiger partial charge in [0.15, 0.2) is 9.75 Å². The van der Waals surface area contributed by atoms with E-state index in [0.717, 1.165) is 17.0 Å². The van der Waals surface area contributed by atoms with E-state index in [9.17, 15) is 33.5 Å². The number of ether oxygens (including phenoxy) is 1. The number of aliphatic hydroxyl groups is 1. The van der Waals surface area contributed by atoms with E-state index in [1.807, 2.05) is 0 Å². The number of para-hydroxylation sites is 1. The summed E-state index contributed by atoms with van der Waals surface area (Å²) < 4.78 is 19.5. The van der Waals surface area contributed by atoms with Crippen LogP contribution in [-0.4, -0.2) is 62.6 Å². The first-order valence-corrected chi connectivity index (χ1v) is 13.9. The molecular weight excluding hydrogens is 592 g/mol. The van der Waals surface area contributed by atoms with E-state index < -0.39 is 68.9 Å². The predicted molar refractivity (Wildman–Crippen MR) is 147 cm³/mol. The number of hydrogen-bond acceptors (Lipinski definition) is 7. The molecule has 0 aromatic heterocycles. The molecule has 6 amide bonds. The molecule has 3 N–H and O–H groups in total. The molecule has 2 saturated heterocycles. The van der Waals surface area contributed by atoms with Gasteiger partial charge in [-0.05, 0) is 49.1 Å². The Morgan fingerprint density at radius 2 is 1.71 bits per heavy atom. The van der Waals surface area contributed by atoms with E-state index in [-0.39, 0.29) is 37.5 Å². The molecule has 218 valence electrons. The number of urea groups is 1. The summed E-state index contributed by atoms with van der Waals surface area (Å²) >= 11 is 14.6. The average molecular weight is 616 g/mol. The lowest BCUT2D eigenvalue weighted by molar-refractivity contribution is -0.136. The van der Waals surface area contributed by atoms with Gasteiger partial charge in [-0.3, -0.25) is 19.2 Å². The summed E-state index contributed by atoms with van der Waals surface area (Å²) in [5.41, 5.74) is 6.26. The number of benzene rings is 2. The number of nitrogens with zero attached hydrogens (tertiary/aromatic N) is 2. The number of nitrogens with two attached hydrogens (primary N) is 1. The van der Waals surface area contributed by atoms with Gasteiger partial charge >= 0.3 is 6.03 Å². The molecule has 2 aliphatic heterocycles. The van der Waals surface area contributed by atoms with Gasteiger partial charge in [0.2, 0.25) is 11.8 Å². The number of halogens is 3. The highest BCUT2D eigenvalue weighted by molar-refractivity contribution is 6.58. The Labute approximate surface area is 248 Å². The quantitative estimate of drug-likeness (QED) is 0.298. The van der Waals surface area contributed by atoms with E-state index in [0.29, 0.717) is 16.0 Å². The molecule has 1 saturated carbocycles. The Morgan fingerprint density at radius 3 is 2.38 bits per heavy atom. The maximum atomic E-state index is 14.3. The van der Waals surface area contributed by atoms with Gasteiger partial charge in [-0.25, -0.2) is 14.1 Å². The van der Waals surface area contributed by atoms with Crippen molar-refractivity contribution in [3.8, 4) is 5.75 Å². The van der Waals surface area contributed by atoms with Crippen molar-refractivity contribution in [2.45, 2.75) is 28.5 Å². The van der Waals surface area contributed by atoms with Crippen LogP contribution in [0.5, 0.6) is 5.75 Å². The largest absolute Gasteiger partial charge is 0.491 e. The van der Waals surface area contributed by atoms with E-state index in [1.165, 1.54) is 12.1 Å². The minimum Gasteiger partial charge on any atom is -0.491 e. The third-order valence-electron chi connectivity index (χ3n) is 8.70. The maximum absolute atomic E-state index is 14.3. The molecule has 4 aliphatic rings. The molecule has 2 aromatic carbocycles. The summed E-state index contributed by atoms with van der Waals surface area (Å²) in [5, 5.41) is 9.41. The van der Waals surface area contributed by atoms with E-state index in [1.54, 1.807) is 30.3 Å². The number of rotatable bonds is 5. The Hall–Kier alpha value is -3.80. The molecule has 2 heterocycles. The molecule has 0 spiro atoms. The monoisotopic (exact) mass is 615 g/mol. The fourth-order valence-corrected chi connectivity index (χ4v) is 7.89. The number of carbonyl (C=O) groups is 5.